The van der Waals surface area contributed by atoms with Crippen LogP contribution in [0.5, 0.6) is 0 Å². The number of benzene rings is 1. The molecule has 0 fully saturated rings. The van der Waals surface area contributed by atoms with E-state index in [2.05, 4.69) is 26.0 Å². The van der Waals surface area contributed by atoms with E-state index in [0.29, 0.717) is 4.47 Å². The Morgan fingerprint density at radius 3 is 2.87 bits per heavy atom. The molecule has 1 aromatic carbocycles. The Balaban J connectivity index is 2.41. The first-order valence-electron chi connectivity index (χ1n) is 6.52. The average Bonchev–Trinajstić information content (AvgIpc) is 2.81. The van der Waals surface area contributed by atoms with Gasteiger partial charge < -0.3 is 20.1 Å². The zero-order valence-corrected chi connectivity index (χ0v) is 14.4. The molecular formula is C14H13BrClFN2O4. The minimum absolute atomic E-state index is 0.0300. The zero-order chi connectivity index (χ0) is 17.1. The van der Waals surface area contributed by atoms with Crippen LogP contribution < -0.4 is 5.32 Å². The summed E-state index contributed by atoms with van der Waals surface area (Å²) in [4.78, 5) is 25.4. The predicted molar refractivity (Wildman–Crippen MR) is 85.4 cm³/mol. The molecule has 2 N–H and O–H groups in total. The van der Waals surface area contributed by atoms with Gasteiger partial charge in [0.05, 0.1) is 36.5 Å². The number of amides is 1. The van der Waals surface area contributed by atoms with Crippen molar-refractivity contribution in [1.29, 1.82) is 0 Å². The maximum absolute atomic E-state index is 14.1. The summed E-state index contributed by atoms with van der Waals surface area (Å²) in [7, 11) is 1.18. The monoisotopic (exact) mass is 406 g/mol. The number of aliphatic hydroxyl groups excluding tert-OH is 1. The predicted octanol–water partition coefficient (Wildman–Crippen LogP) is 1.92. The van der Waals surface area contributed by atoms with Crippen LogP contribution in [0.4, 0.5) is 10.1 Å². The fraction of sp³-hybridized carbons (Fsp3) is 0.286. The summed E-state index contributed by atoms with van der Waals surface area (Å²) in [5.41, 5.74) is -0.0974. The van der Waals surface area contributed by atoms with Crippen LogP contribution in [-0.2, 0) is 14.3 Å². The molecule has 0 saturated heterocycles. The highest BCUT2D eigenvalue weighted by molar-refractivity contribution is 9.10. The fourth-order valence-electron chi connectivity index (χ4n) is 2.13. The van der Waals surface area contributed by atoms with Gasteiger partial charge in [-0.25, -0.2) is 9.18 Å². The number of aliphatic hydroxyl groups is 1. The van der Waals surface area contributed by atoms with E-state index in [0.717, 1.165) is 0 Å². The normalized spacial score (nSPS) is 14.5. The van der Waals surface area contributed by atoms with E-state index in [1.54, 1.807) is 0 Å². The van der Waals surface area contributed by atoms with Gasteiger partial charge in [-0.05, 0) is 12.1 Å². The van der Waals surface area contributed by atoms with Gasteiger partial charge in [-0.15, -0.1) is 0 Å². The van der Waals surface area contributed by atoms with Gasteiger partial charge in [-0.1, -0.05) is 27.5 Å². The van der Waals surface area contributed by atoms with Gasteiger partial charge in [-0.2, -0.15) is 0 Å². The number of esters is 1. The summed E-state index contributed by atoms with van der Waals surface area (Å²) in [5.74, 6) is -1.99. The van der Waals surface area contributed by atoms with Gasteiger partial charge in [0.2, 0.25) is 0 Å². The van der Waals surface area contributed by atoms with Crippen molar-refractivity contribution in [3.63, 3.8) is 0 Å². The maximum atomic E-state index is 14.1. The van der Waals surface area contributed by atoms with Crippen LogP contribution in [0.2, 0.25) is 5.02 Å². The third-order valence-electron chi connectivity index (χ3n) is 3.21. The van der Waals surface area contributed by atoms with Crippen molar-refractivity contribution in [3.8, 4) is 0 Å². The minimum Gasteiger partial charge on any atom is -0.466 e. The molecule has 0 aliphatic carbocycles. The molecule has 0 aromatic heterocycles. The number of carbonyl (C=O) groups excluding carboxylic acids is 2. The Morgan fingerprint density at radius 1 is 1.57 bits per heavy atom. The van der Waals surface area contributed by atoms with Gasteiger partial charge in [0, 0.05) is 11.0 Å². The molecule has 0 bridgehead atoms. The van der Waals surface area contributed by atoms with Crippen LogP contribution in [0.25, 0.3) is 0 Å². The minimum atomic E-state index is -0.750. The highest BCUT2D eigenvalue weighted by Gasteiger charge is 2.34. The quantitative estimate of drug-likeness (QED) is 0.576. The van der Waals surface area contributed by atoms with Crippen LogP contribution in [0, 0.1) is 5.82 Å². The summed E-state index contributed by atoms with van der Waals surface area (Å²) in [6.07, 6.45) is 0. The molecule has 1 amide bonds. The second-order valence-electron chi connectivity index (χ2n) is 4.67. The topological polar surface area (TPSA) is 78.9 Å². The van der Waals surface area contributed by atoms with E-state index in [1.807, 2.05) is 0 Å². The summed E-state index contributed by atoms with van der Waals surface area (Å²) in [6.45, 7) is -0.242. The second kappa shape index (κ2) is 7.29. The molecule has 1 aliphatic heterocycles. The fourth-order valence-corrected chi connectivity index (χ4v) is 2.94. The zero-order valence-electron chi connectivity index (χ0n) is 12.0. The number of halogens is 3. The number of methoxy groups -OCH3 is 1. The van der Waals surface area contributed by atoms with E-state index in [1.165, 1.54) is 24.1 Å². The highest BCUT2D eigenvalue weighted by Crippen LogP contribution is 2.30. The van der Waals surface area contributed by atoms with Gasteiger partial charge in [0.15, 0.2) is 5.82 Å². The number of hydrogen-bond acceptors (Lipinski definition) is 5. The molecule has 1 aliphatic rings. The van der Waals surface area contributed by atoms with Crippen molar-refractivity contribution >= 4 is 45.1 Å². The number of hydrogen-bond donors (Lipinski definition) is 2. The molecular weight excluding hydrogens is 395 g/mol. The molecule has 1 aromatic rings. The molecule has 2 rings (SSSR count). The number of anilines is 1. The number of nitrogens with one attached hydrogen (secondary N) is 1. The Labute approximate surface area is 145 Å². The average molecular weight is 408 g/mol. The molecule has 0 saturated carbocycles. The SMILES string of the molecule is COC(=O)C1=C(Nc2cc(Br)cc(Cl)c2F)C(=O)N(CCO)C1. The van der Waals surface area contributed by atoms with Crippen molar-refractivity contribution in [3.05, 3.63) is 38.7 Å². The van der Waals surface area contributed by atoms with Crippen molar-refractivity contribution < 1.29 is 23.8 Å². The summed E-state index contributed by atoms with van der Waals surface area (Å²) in [6, 6.07) is 2.76. The first-order valence-corrected chi connectivity index (χ1v) is 7.69. The van der Waals surface area contributed by atoms with Gasteiger partial charge in [0.1, 0.15) is 5.70 Å². The Hall–Kier alpha value is -1.64. The van der Waals surface area contributed by atoms with Crippen LogP contribution in [0.1, 0.15) is 0 Å². The van der Waals surface area contributed by atoms with Gasteiger partial charge in [-0.3, -0.25) is 4.79 Å². The van der Waals surface area contributed by atoms with Gasteiger partial charge in [0.25, 0.3) is 5.91 Å². The number of carbonyl (C=O) groups is 2. The maximum Gasteiger partial charge on any atom is 0.337 e. The van der Waals surface area contributed by atoms with Crippen molar-refractivity contribution in [2.75, 3.05) is 32.1 Å². The number of ether oxygens (including phenoxy) is 1. The van der Waals surface area contributed by atoms with Crippen LogP contribution in [0.3, 0.4) is 0 Å². The summed E-state index contributed by atoms with van der Waals surface area (Å²) < 4.78 is 19.2. The van der Waals surface area contributed by atoms with E-state index < -0.39 is 17.7 Å². The molecule has 0 radical (unpaired) electrons. The first-order chi connectivity index (χ1) is 10.9. The molecule has 23 heavy (non-hydrogen) atoms. The Kier molecular flexibility index (Phi) is 5.61. The Morgan fingerprint density at radius 2 is 2.26 bits per heavy atom. The van der Waals surface area contributed by atoms with Crippen LogP contribution in [0.15, 0.2) is 27.9 Å². The van der Waals surface area contributed by atoms with Crippen LogP contribution >= 0.6 is 27.5 Å². The molecule has 0 spiro atoms. The summed E-state index contributed by atoms with van der Waals surface area (Å²) >= 11 is 8.94. The molecule has 9 heteroatoms. The van der Waals surface area contributed by atoms with E-state index in [9.17, 15) is 14.0 Å². The van der Waals surface area contributed by atoms with E-state index >= 15 is 0 Å². The lowest BCUT2D eigenvalue weighted by molar-refractivity contribution is -0.136. The highest BCUT2D eigenvalue weighted by atomic mass is 79.9. The molecule has 0 unspecified atom stereocenters. The van der Waals surface area contributed by atoms with Crippen molar-refractivity contribution in [2.45, 2.75) is 0 Å². The number of rotatable bonds is 5. The number of nitrogens with zero attached hydrogens (tertiary/aromatic N) is 1. The Bertz CT molecular complexity index is 696. The molecule has 1 heterocycles. The smallest absolute Gasteiger partial charge is 0.337 e. The first kappa shape index (κ1) is 17.7. The van der Waals surface area contributed by atoms with Crippen molar-refractivity contribution in [1.82, 2.24) is 4.90 Å². The molecule has 0 atom stereocenters. The van der Waals surface area contributed by atoms with Crippen molar-refractivity contribution in [2.24, 2.45) is 0 Å². The van der Waals surface area contributed by atoms with E-state index in [4.69, 9.17) is 16.7 Å². The molecule has 124 valence electrons. The third kappa shape index (κ3) is 3.65. The largest absolute Gasteiger partial charge is 0.466 e. The lowest BCUT2D eigenvalue weighted by Crippen LogP contribution is -2.31. The standard InChI is InChI=1S/C14H13BrClFN2O4/c1-23-14(22)8-6-19(2-3-20)13(21)12(8)18-10-5-7(15)4-9(16)11(10)17/h4-5,18,20H,2-3,6H2,1H3. The lowest BCUT2D eigenvalue weighted by Gasteiger charge is -2.15. The lowest BCUT2D eigenvalue weighted by atomic mass is 10.2. The second-order valence-corrected chi connectivity index (χ2v) is 5.99. The number of β-amino-alcohol motifs (C(OH)–C–C–N with tert-alkyl or cyclic N) is 1. The third-order valence-corrected chi connectivity index (χ3v) is 3.94. The van der Waals surface area contributed by atoms with Crippen LogP contribution in [-0.4, -0.2) is 48.7 Å². The van der Waals surface area contributed by atoms with Gasteiger partial charge >= 0.3 is 5.97 Å². The molecule has 6 nitrogen and oxygen atoms in total. The van der Waals surface area contributed by atoms with E-state index in [-0.39, 0.29) is 41.7 Å². The summed E-state index contributed by atoms with van der Waals surface area (Å²) in [5, 5.41) is 11.5.